The van der Waals surface area contributed by atoms with Crippen LogP contribution >= 0.6 is 0 Å². The quantitative estimate of drug-likeness (QED) is 0.767. The highest BCUT2D eigenvalue weighted by Gasteiger charge is 2.17. The largest absolute Gasteiger partial charge is 0.367 e. The Morgan fingerprint density at radius 2 is 2.08 bits per heavy atom. The van der Waals surface area contributed by atoms with Crippen molar-refractivity contribution in [3.63, 3.8) is 0 Å². The van der Waals surface area contributed by atoms with Crippen molar-refractivity contribution >= 4 is 5.84 Å². The average molecular weight is 350 g/mol. The van der Waals surface area contributed by atoms with Gasteiger partial charge in [-0.25, -0.2) is 14.4 Å². The zero-order chi connectivity index (χ0) is 17.9. The normalized spacial score (nSPS) is 13.5. The molecule has 0 radical (unpaired) electrons. The minimum atomic E-state index is -0.235. The second-order valence-electron chi connectivity index (χ2n) is 6.07. The van der Waals surface area contributed by atoms with E-state index in [-0.39, 0.29) is 5.82 Å². The first-order valence-corrected chi connectivity index (χ1v) is 8.66. The lowest BCUT2D eigenvalue weighted by Gasteiger charge is -2.08. The summed E-state index contributed by atoms with van der Waals surface area (Å²) in [5, 5.41) is 7.77. The monoisotopic (exact) mass is 350 g/mol. The fourth-order valence-electron chi connectivity index (χ4n) is 2.92. The molecule has 2 aromatic heterocycles. The van der Waals surface area contributed by atoms with E-state index in [1.807, 2.05) is 24.5 Å². The van der Waals surface area contributed by atoms with Crippen LogP contribution in [0.3, 0.4) is 0 Å². The molecule has 1 aliphatic heterocycles. The summed E-state index contributed by atoms with van der Waals surface area (Å²) in [7, 11) is 0. The highest BCUT2D eigenvalue weighted by Crippen LogP contribution is 2.17. The van der Waals surface area contributed by atoms with Crippen molar-refractivity contribution in [2.24, 2.45) is 4.99 Å². The summed E-state index contributed by atoms with van der Waals surface area (Å²) in [5.74, 6) is 1.12. The van der Waals surface area contributed by atoms with Gasteiger partial charge >= 0.3 is 0 Å². The molecule has 0 spiro atoms. The number of nitrogens with one attached hydrogen (secondary N) is 1. The van der Waals surface area contributed by atoms with E-state index >= 15 is 0 Å². The second kappa shape index (κ2) is 7.03. The van der Waals surface area contributed by atoms with Gasteiger partial charge in [0.1, 0.15) is 23.0 Å². The van der Waals surface area contributed by atoms with Gasteiger partial charge in [-0.05, 0) is 24.1 Å². The van der Waals surface area contributed by atoms with Crippen LogP contribution in [0.5, 0.6) is 0 Å². The fraction of sp³-hybridized carbons (Fsp3) is 0.263. The molecule has 1 aliphatic rings. The zero-order valence-corrected chi connectivity index (χ0v) is 14.5. The number of rotatable bonds is 5. The first kappa shape index (κ1) is 16.4. The molecule has 0 saturated heterocycles. The molecule has 0 aliphatic carbocycles. The Bertz CT molecular complexity index is 962. The smallest absolute Gasteiger partial charge is 0.180 e. The van der Waals surface area contributed by atoms with Gasteiger partial charge in [-0.3, -0.25) is 9.67 Å². The van der Waals surface area contributed by atoms with Gasteiger partial charge in [-0.1, -0.05) is 25.1 Å². The second-order valence-corrected chi connectivity index (χ2v) is 6.07. The number of aliphatic imine (C=N–C) groups is 1. The first-order valence-electron chi connectivity index (χ1n) is 8.66. The molecular formula is C19H19FN6. The summed E-state index contributed by atoms with van der Waals surface area (Å²) < 4.78 is 15.5. The van der Waals surface area contributed by atoms with Crippen LogP contribution in [0, 0.1) is 5.82 Å². The van der Waals surface area contributed by atoms with Crippen LogP contribution in [-0.4, -0.2) is 38.7 Å². The molecule has 1 N–H and O–H groups in total. The number of hydrogen-bond acceptors (Lipinski definition) is 5. The lowest BCUT2D eigenvalue weighted by Crippen LogP contribution is -2.22. The Hall–Kier alpha value is -3.09. The molecule has 0 amide bonds. The highest BCUT2D eigenvalue weighted by atomic mass is 19.1. The van der Waals surface area contributed by atoms with Gasteiger partial charge in [0.2, 0.25) is 0 Å². The number of amidine groups is 1. The Balaban J connectivity index is 1.63. The van der Waals surface area contributed by atoms with Crippen molar-refractivity contribution < 1.29 is 4.39 Å². The Kier molecular flexibility index (Phi) is 4.43. The van der Waals surface area contributed by atoms with Gasteiger partial charge in [0.15, 0.2) is 5.82 Å². The van der Waals surface area contributed by atoms with Gasteiger partial charge in [0, 0.05) is 24.5 Å². The molecular weight excluding hydrogens is 331 g/mol. The predicted molar refractivity (Wildman–Crippen MR) is 97.5 cm³/mol. The van der Waals surface area contributed by atoms with Gasteiger partial charge in [0.25, 0.3) is 0 Å². The van der Waals surface area contributed by atoms with E-state index in [1.54, 1.807) is 16.8 Å². The van der Waals surface area contributed by atoms with Gasteiger partial charge < -0.3 is 5.32 Å². The molecule has 7 heteroatoms. The Labute approximate surface area is 150 Å². The number of nitrogens with zero attached hydrogens (tertiary/aromatic N) is 5. The molecule has 26 heavy (non-hydrogen) atoms. The molecule has 3 aromatic rings. The average Bonchev–Trinajstić information content (AvgIpc) is 3.35. The molecule has 0 atom stereocenters. The van der Waals surface area contributed by atoms with Crippen molar-refractivity contribution in [3.05, 3.63) is 65.4 Å². The lowest BCUT2D eigenvalue weighted by atomic mass is 10.1. The summed E-state index contributed by atoms with van der Waals surface area (Å²) in [4.78, 5) is 13.6. The molecule has 132 valence electrons. The SMILES string of the molecule is CCc1cnc(-c2ccn(Cc3ccccc3F)n2)nc1C1=NCCN1. The van der Waals surface area contributed by atoms with Crippen LogP contribution < -0.4 is 5.32 Å². The van der Waals surface area contributed by atoms with Crippen LogP contribution in [0.1, 0.15) is 23.7 Å². The molecule has 0 unspecified atom stereocenters. The van der Waals surface area contributed by atoms with Gasteiger partial charge in [0.05, 0.1) is 13.1 Å². The van der Waals surface area contributed by atoms with E-state index in [1.165, 1.54) is 6.07 Å². The maximum atomic E-state index is 13.8. The van der Waals surface area contributed by atoms with E-state index in [4.69, 9.17) is 0 Å². The van der Waals surface area contributed by atoms with Crippen LogP contribution in [0.4, 0.5) is 4.39 Å². The third-order valence-corrected chi connectivity index (χ3v) is 4.30. The standard InChI is InChI=1S/C19H19FN6/c1-2-13-11-23-18(24-17(13)19-21-8-9-22-19)16-7-10-26(25-16)12-14-5-3-4-6-15(14)20/h3-7,10-11H,2,8-9,12H2,1H3,(H,21,22). The van der Waals surface area contributed by atoms with Crippen molar-refractivity contribution in [2.45, 2.75) is 19.9 Å². The van der Waals surface area contributed by atoms with E-state index in [9.17, 15) is 4.39 Å². The number of aryl methyl sites for hydroxylation is 1. The van der Waals surface area contributed by atoms with Crippen molar-refractivity contribution in [2.75, 3.05) is 13.1 Å². The lowest BCUT2D eigenvalue weighted by molar-refractivity contribution is 0.585. The number of halogens is 1. The molecule has 0 bridgehead atoms. The maximum Gasteiger partial charge on any atom is 0.180 e. The molecule has 6 nitrogen and oxygen atoms in total. The minimum Gasteiger partial charge on any atom is -0.367 e. The van der Waals surface area contributed by atoms with E-state index in [2.05, 4.69) is 32.3 Å². The first-order chi connectivity index (χ1) is 12.7. The molecule has 3 heterocycles. The summed E-state index contributed by atoms with van der Waals surface area (Å²) >= 11 is 0. The van der Waals surface area contributed by atoms with Crippen LogP contribution in [0.15, 0.2) is 47.7 Å². The number of benzene rings is 1. The highest BCUT2D eigenvalue weighted by molar-refractivity contribution is 5.99. The molecule has 0 fully saturated rings. The van der Waals surface area contributed by atoms with Crippen molar-refractivity contribution in [1.29, 1.82) is 0 Å². The van der Waals surface area contributed by atoms with Crippen LogP contribution in [0.25, 0.3) is 11.5 Å². The molecule has 0 saturated carbocycles. The van der Waals surface area contributed by atoms with E-state index in [0.29, 0.717) is 23.6 Å². The maximum absolute atomic E-state index is 13.8. The zero-order valence-electron chi connectivity index (χ0n) is 14.5. The van der Waals surface area contributed by atoms with Gasteiger partial charge in [-0.2, -0.15) is 5.10 Å². The number of aromatic nitrogens is 4. The topological polar surface area (TPSA) is 68.0 Å². The minimum absolute atomic E-state index is 0.235. The Morgan fingerprint density at radius 1 is 1.19 bits per heavy atom. The van der Waals surface area contributed by atoms with Crippen molar-refractivity contribution in [3.8, 4) is 11.5 Å². The number of hydrogen-bond donors (Lipinski definition) is 1. The summed E-state index contributed by atoms with van der Waals surface area (Å²) in [6.45, 7) is 4.02. The Morgan fingerprint density at radius 3 is 2.85 bits per heavy atom. The molecule has 1 aromatic carbocycles. The van der Waals surface area contributed by atoms with E-state index in [0.717, 1.165) is 36.6 Å². The summed E-state index contributed by atoms with van der Waals surface area (Å²) in [6, 6.07) is 8.55. The predicted octanol–water partition coefficient (Wildman–Crippen LogP) is 2.44. The van der Waals surface area contributed by atoms with Gasteiger partial charge in [-0.15, -0.1) is 0 Å². The third kappa shape index (κ3) is 3.20. The van der Waals surface area contributed by atoms with Crippen LogP contribution in [0.2, 0.25) is 0 Å². The molecule has 4 rings (SSSR count). The summed E-state index contributed by atoms with van der Waals surface area (Å²) in [6.07, 6.45) is 4.47. The summed E-state index contributed by atoms with van der Waals surface area (Å²) in [5.41, 5.74) is 3.13. The van der Waals surface area contributed by atoms with E-state index < -0.39 is 0 Å². The van der Waals surface area contributed by atoms with Crippen molar-refractivity contribution in [1.82, 2.24) is 25.1 Å². The van der Waals surface area contributed by atoms with Crippen LogP contribution in [-0.2, 0) is 13.0 Å². The fourth-order valence-corrected chi connectivity index (χ4v) is 2.92. The third-order valence-electron chi connectivity index (χ3n) is 4.30.